The fourth-order valence-corrected chi connectivity index (χ4v) is 2.95. The molecule has 1 atom stereocenters. The number of benzene rings is 1. The highest BCUT2D eigenvalue weighted by molar-refractivity contribution is 6.35. The Morgan fingerprint density at radius 2 is 2.18 bits per heavy atom. The Morgan fingerprint density at radius 1 is 1.41 bits per heavy atom. The highest BCUT2D eigenvalue weighted by Gasteiger charge is 2.18. The molecule has 1 aromatic rings. The van der Waals surface area contributed by atoms with E-state index in [2.05, 4.69) is 11.8 Å². The van der Waals surface area contributed by atoms with Crippen LogP contribution in [-0.4, -0.2) is 23.1 Å². The summed E-state index contributed by atoms with van der Waals surface area (Å²) in [5, 5.41) is 10.8. The van der Waals surface area contributed by atoms with Crippen LogP contribution in [0.1, 0.15) is 25.3 Å². The van der Waals surface area contributed by atoms with E-state index >= 15 is 0 Å². The predicted octanol–water partition coefficient (Wildman–Crippen LogP) is 3.93. The molecule has 0 spiro atoms. The second kappa shape index (κ2) is 5.47. The zero-order valence-electron chi connectivity index (χ0n) is 9.92. The largest absolute Gasteiger partial charge is 0.506 e. The molecule has 0 bridgehead atoms. The van der Waals surface area contributed by atoms with Crippen LogP contribution in [0.4, 0.5) is 0 Å². The van der Waals surface area contributed by atoms with Gasteiger partial charge in [-0.1, -0.05) is 30.1 Å². The van der Waals surface area contributed by atoms with Gasteiger partial charge in [0.15, 0.2) is 0 Å². The number of hydrogen-bond donors (Lipinski definition) is 1. The Kier molecular flexibility index (Phi) is 4.18. The Morgan fingerprint density at radius 3 is 2.88 bits per heavy atom. The number of nitrogens with zero attached hydrogens (tertiary/aromatic N) is 1. The molecule has 1 aromatic carbocycles. The molecular formula is C13H17Cl2NO. The second-order valence-electron chi connectivity index (χ2n) is 4.88. The van der Waals surface area contributed by atoms with Crippen LogP contribution in [0.2, 0.25) is 10.0 Å². The van der Waals surface area contributed by atoms with Crippen LogP contribution >= 0.6 is 23.2 Å². The summed E-state index contributed by atoms with van der Waals surface area (Å²) in [6.07, 6.45) is 2.51. The summed E-state index contributed by atoms with van der Waals surface area (Å²) < 4.78 is 0. The first kappa shape index (κ1) is 13.0. The Balaban J connectivity index is 2.12. The Bertz CT molecular complexity index is 409. The van der Waals surface area contributed by atoms with E-state index < -0.39 is 0 Å². The fraction of sp³-hybridized carbons (Fsp3) is 0.538. The average Bonchev–Trinajstić information content (AvgIpc) is 2.25. The van der Waals surface area contributed by atoms with Crippen LogP contribution < -0.4 is 0 Å². The van der Waals surface area contributed by atoms with E-state index in [0.717, 1.165) is 31.1 Å². The van der Waals surface area contributed by atoms with Gasteiger partial charge < -0.3 is 5.11 Å². The van der Waals surface area contributed by atoms with E-state index in [1.807, 2.05) is 0 Å². The molecule has 0 unspecified atom stereocenters. The van der Waals surface area contributed by atoms with Crippen molar-refractivity contribution in [3.63, 3.8) is 0 Å². The summed E-state index contributed by atoms with van der Waals surface area (Å²) >= 11 is 11.9. The number of aromatic hydroxyl groups is 1. The molecule has 1 aliphatic rings. The minimum absolute atomic E-state index is 0.161. The minimum atomic E-state index is 0.161. The lowest BCUT2D eigenvalue weighted by Gasteiger charge is -2.31. The second-order valence-corrected chi connectivity index (χ2v) is 5.72. The number of phenolic OH excluding ortho intramolecular Hbond substituents is 1. The van der Waals surface area contributed by atoms with Gasteiger partial charge in [0, 0.05) is 23.7 Å². The SMILES string of the molecule is C[C@@H]1CCCN(Cc2cc(Cl)cc(Cl)c2O)C1. The Hall–Kier alpha value is -0.440. The van der Waals surface area contributed by atoms with E-state index in [-0.39, 0.29) is 5.75 Å². The van der Waals surface area contributed by atoms with Crippen LogP contribution in [0.25, 0.3) is 0 Å². The normalized spacial score (nSPS) is 21.7. The van der Waals surface area contributed by atoms with E-state index in [9.17, 15) is 5.11 Å². The van der Waals surface area contributed by atoms with Crippen molar-refractivity contribution in [2.24, 2.45) is 5.92 Å². The lowest BCUT2D eigenvalue weighted by Crippen LogP contribution is -2.33. The van der Waals surface area contributed by atoms with Gasteiger partial charge >= 0.3 is 0 Å². The van der Waals surface area contributed by atoms with Gasteiger partial charge in [0.2, 0.25) is 0 Å². The van der Waals surface area contributed by atoms with Crippen molar-refractivity contribution in [1.29, 1.82) is 0 Å². The summed E-state index contributed by atoms with van der Waals surface area (Å²) in [5.41, 5.74) is 0.816. The van der Waals surface area contributed by atoms with Crippen LogP contribution in [-0.2, 0) is 6.54 Å². The number of hydrogen-bond acceptors (Lipinski definition) is 2. The molecule has 1 fully saturated rings. The first-order chi connectivity index (χ1) is 8.06. The van der Waals surface area contributed by atoms with E-state index in [1.54, 1.807) is 12.1 Å². The highest BCUT2D eigenvalue weighted by Crippen LogP contribution is 2.32. The number of rotatable bonds is 2. The first-order valence-corrected chi connectivity index (χ1v) is 6.71. The first-order valence-electron chi connectivity index (χ1n) is 5.95. The third-order valence-corrected chi connectivity index (χ3v) is 3.75. The van der Waals surface area contributed by atoms with Gasteiger partial charge in [-0.2, -0.15) is 0 Å². The molecule has 1 saturated heterocycles. The highest BCUT2D eigenvalue weighted by atomic mass is 35.5. The van der Waals surface area contributed by atoms with Crippen molar-refractivity contribution in [2.75, 3.05) is 13.1 Å². The van der Waals surface area contributed by atoms with E-state index in [1.165, 1.54) is 12.8 Å². The molecule has 4 heteroatoms. The maximum Gasteiger partial charge on any atom is 0.138 e. The van der Waals surface area contributed by atoms with Crippen LogP contribution in [0.3, 0.4) is 0 Å². The number of piperidine rings is 1. The molecule has 1 N–H and O–H groups in total. The Labute approximate surface area is 112 Å². The average molecular weight is 274 g/mol. The van der Waals surface area contributed by atoms with Crippen molar-refractivity contribution >= 4 is 23.2 Å². The standard InChI is InChI=1S/C13H17Cl2NO/c1-9-3-2-4-16(7-9)8-10-5-11(14)6-12(15)13(10)17/h5-6,9,17H,2-4,7-8H2,1H3/t9-/m1/s1. The van der Waals surface area contributed by atoms with Crippen LogP contribution in [0.5, 0.6) is 5.75 Å². The molecule has 0 amide bonds. The van der Waals surface area contributed by atoms with Gasteiger partial charge in [0.05, 0.1) is 5.02 Å². The quantitative estimate of drug-likeness (QED) is 0.883. The molecule has 17 heavy (non-hydrogen) atoms. The summed E-state index contributed by atoms with van der Waals surface area (Å²) in [4.78, 5) is 2.34. The number of likely N-dealkylation sites (tertiary alicyclic amines) is 1. The molecule has 0 aromatic heterocycles. The van der Waals surface area contributed by atoms with Crippen molar-refractivity contribution < 1.29 is 5.11 Å². The van der Waals surface area contributed by atoms with Gasteiger partial charge in [0.1, 0.15) is 5.75 Å². The predicted molar refractivity (Wildman–Crippen MR) is 71.8 cm³/mol. The zero-order valence-corrected chi connectivity index (χ0v) is 11.4. The molecule has 1 heterocycles. The summed E-state index contributed by atoms with van der Waals surface area (Å²) in [6.45, 7) is 5.13. The number of phenols is 1. The minimum Gasteiger partial charge on any atom is -0.506 e. The molecular weight excluding hydrogens is 257 g/mol. The third-order valence-electron chi connectivity index (χ3n) is 3.24. The molecule has 0 radical (unpaired) electrons. The van der Waals surface area contributed by atoms with E-state index in [0.29, 0.717) is 10.0 Å². The third kappa shape index (κ3) is 3.27. The zero-order chi connectivity index (χ0) is 12.4. The molecule has 2 rings (SSSR count). The lowest BCUT2D eigenvalue weighted by molar-refractivity contribution is 0.175. The van der Waals surface area contributed by atoms with Gasteiger partial charge in [0.25, 0.3) is 0 Å². The molecule has 0 aliphatic carbocycles. The van der Waals surface area contributed by atoms with Crippen molar-refractivity contribution in [3.8, 4) is 5.75 Å². The lowest BCUT2D eigenvalue weighted by atomic mass is 10.00. The van der Waals surface area contributed by atoms with Crippen molar-refractivity contribution in [3.05, 3.63) is 27.7 Å². The number of halogens is 2. The van der Waals surface area contributed by atoms with Crippen molar-refractivity contribution in [2.45, 2.75) is 26.3 Å². The van der Waals surface area contributed by atoms with Crippen LogP contribution in [0, 0.1) is 5.92 Å². The summed E-state index contributed by atoms with van der Waals surface area (Å²) in [5.74, 6) is 0.884. The van der Waals surface area contributed by atoms with Gasteiger partial charge in [-0.3, -0.25) is 4.90 Å². The van der Waals surface area contributed by atoms with Crippen LogP contribution in [0.15, 0.2) is 12.1 Å². The van der Waals surface area contributed by atoms with Gasteiger partial charge in [-0.05, 0) is 37.4 Å². The van der Waals surface area contributed by atoms with Gasteiger partial charge in [-0.25, -0.2) is 0 Å². The topological polar surface area (TPSA) is 23.5 Å². The maximum atomic E-state index is 9.90. The molecule has 94 valence electrons. The summed E-state index contributed by atoms with van der Waals surface area (Å²) in [6, 6.07) is 3.36. The van der Waals surface area contributed by atoms with E-state index in [4.69, 9.17) is 23.2 Å². The summed E-state index contributed by atoms with van der Waals surface area (Å²) in [7, 11) is 0. The molecule has 0 saturated carbocycles. The molecule has 2 nitrogen and oxygen atoms in total. The molecule has 1 aliphatic heterocycles. The maximum absolute atomic E-state index is 9.90. The monoisotopic (exact) mass is 273 g/mol. The van der Waals surface area contributed by atoms with Gasteiger partial charge in [-0.15, -0.1) is 0 Å². The smallest absolute Gasteiger partial charge is 0.138 e. The van der Waals surface area contributed by atoms with Crippen molar-refractivity contribution in [1.82, 2.24) is 4.90 Å². The fourth-order valence-electron chi connectivity index (χ4n) is 2.41.